The molecule has 0 spiro atoms. The number of nitrogens with zero attached hydrogens (tertiary/aromatic N) is 2. The molecular weight excluding hydrogens is 395 g/mol. The lowest BCUT2D eigenvalue weighted by molar-refractivity contribution is -0.138. The Bertz CT molecular complexity index is 728. The highest BCUT2D eigenvalue weighted by Crippen LogP contribution is 2.06. The molecule has 3 N–H and O–H groups in total. The molecule has 0 radical (unpaired) electrons. The molecule has 2 heterocycles. The Balaban J connectivity index is 0.000000311. The summed E-state index contributed by atoms with van der Waals surface area (Å²) in [7, 11) is -0.829. The van der Waals surface area contributed by atoms with E-state index in [0.29, 0.717) is 25.8 Å². The van der Waals surface area contributed by atoms with Crippen molar-refractivity contribution in [2.45, 2.75) is 39.4 Å². The van der Waals surface area contributed by atoms with Gasteiger partial charge in [-0.3, -0.25) is 33.8 Å². The SMILES string of the molecule is CB(O)NNC(=O)CCCN1C(=O)C=CC1=O.CC(=O)CCCN1C(=O)C=CC1=O. The highest BCUT2D eigenvalue weighted by molar-refractivity contribution is 6.45. The Labute approximate surface area is 174 Å². The lowest BCUT2D eigenvalue weighted by atomic mass is 9.91. The van der Waals surface area contributed by atoms with Crippen molar-refractivity contribution in [1.29, 1.82) is 0 Å². The fraction of sp³-hybridized carbons (Fsp3) is 0.444. The van der Waals surface area contributed by atoms with Gasteiger partial charge in [-0.25, -0.2) is 5.34 Å². The van der Waals surface area contributed by atoms with Gasteiger partial charge >= 0.3 is 7.05 Å². The number of rotatable bonds is 10. The number of carbonyl (C=O) groups is 6. The molecule has 0 aromatic heterocycles. The molecule has 0 bridgehead atoms. The van der Waals surface area contributed by atoms with E-state index in [0.717, 1.165) is 9.80 Å². The monoisotopic (exact) mass is 420 g/mol. The number of Topliss-reactive ketones (excluding diaryl/α,β-unsaturated/α-hetero) is 1. The van der Waals surface area contributed by atoms with Crippen molar-refractivity contribution in [3.8, 4) is 0 Å². The zero-order chi connectivity index (χ0) is 22.7. The van der Waals surface area contributed by atoms with E-state index in [-0.39, 0.29) is 48.3 Å². The molecule has 2 aliphatic rings. The third kappa shape index (κ3) is 8.92. The Morgan fingerprint density at radius 2 is 1.27 bits per heavy atom. The summed E-state index contributed by atoms with van der Waals surface area (Å²) in [4.78, 5) is 68.3. The molecule has 0 aliphatic carbocycles. The highest BCUT2D eigenvalue weighted by atomic mass is 16.2. The lowest BCUT2D eigenvalue weighted by Crippen LogP contribution is -2.45. The van der Waals surface area contributed by atoms with E-state index in [1.54, 1.807) is 0 Å². The minimum atomic E-state index is -0.829. The molecule has 30 heavy (non-hydrogen) atoms. The predicted octanol–water partition coefficient (Wildman–Crippen LogP) is -1.30. The van der Waals surface area contributed by atoms with Gasteiger partial charge in [-0.05, 0) is 26.6 Å². The maximum atomic E-state index is 11.2. The van der Waals surface area contributed by atoms with Gasteiger partial charge in [-0.15, -0.1) is 0 Å². The van der Waals surface area contributed by atoms with Crippen LogP contribution in [-0.4, -0.2) is 70.3 Å². The summed E-state index contributed by atoms with van der Waals surface area (Å²) in [6.45, 7) is 3.51. The average molecular weight is 420 g/mol. The number of amides is 5. The van der Waals surface area contributed by atoms with Gasteiger partial charge < -0.3 is 15.2 Å². The summed E-state index contributed by atoms with van der Waals surface area (Å²) in [5, 5.41) is 11.2. The molecule has 2 rings (SSSR count). The second kappa shape index (κ2) is 12.4. The summed E-state index contributed by atoms with van der Waals surface area (Å²) >= 11 is 0. The van der Waals surface area contributed by atoms with E-state index in [2.05, 4.69) is 10.8 Å². The fourth-order valence-corrected chi connectivity index (χ4v) is 2.43. The van der Waals surface area contributed by atoms with Crippen molar-refractivity contribution >= 4 is 42.4 Å². The zero-order valence-corrected chi connectivity index (χ0v) is 16.9. The van der Waals surface area contributed by atoms with Gasteiger partial charge in [-0.2, -0.15) is 0 Å². The Kier molecular flexibility index (Phi) is 10.3. The minimum Gasteiger partial charge on any atom is -0.436 e. The number of imide groups is 2. The number of ketones is 1. The smallest absolute Gasteiger partial charge is 0.392 e. The van der Waals surface area contributed by atoms with Crippen LogP contribution in [0.15, 0.2) is 24.3 Å². The normalized spacial score (nSPS) is 14.9. The molecular formula is C18H25BN4O7. The van der Waals surface area contributed by atoms with Gasteiger partial charge in [0.1, 0.15) is 5.78 Å². The van der Waals surface area contributed by atoms with Crippen LogP contribution in [0.25, 0.3) is 0 Å². The molecule has 0 aromatic carbocycles. The van der Waals surface area contributed by atoms with Crippen LogP contribution in [0.5, 0.6) is 0 Å². The van der Waals surface area contributed by atoms with Gasteiger partial charge in [0, 0.05) is 50.2 Å². The van der Waals surface area contributed by atoms with E-state index >= 15 is 0 Å². The Hall–Kier alpha value is -3.12. The third-order valence-electron chi connectivity index (χ3n) is 3.92. The van der Waals surface area contributed by atoms with Crippen molar-refractivity contribution in [2.24, 2.45) is 0 Å². The third-order valence-corrected chi connectivity index (χ3v) is 3.92. The van der Waals surface area contributed by atoms with E-state index < -0.39 is 7.05 Å². The molecule has 162 valence electrons. The van der Waals surface area contributed by atoms with Crippen molar-refractivity contribution in [3.63, 3.8) is 0 Å². The maximum Gasteiger partial charge on any atom is 0.392 e. The summed E-state index contributed by atoms with van der Waals surface area (Å²) in [5.74, 6) is -1.50. The van der Waals surface area contributed by atoms with Gasteiger partial charge in [0.2, 0.25) is 5.91 Å². The number of nitrogens with one attached hydrogen (secondary N) is 2. The van der Waals surface area contributed by atoms with Gasteiger partial charge in [0.25, 0.3) is 23.6 Å². The Morgan fingerprint density at radius 3 is 1.63 bits per heavy atom. The topological polar surface area (TPSA) is 153 Å². The van der Waals surface area contributed by atoms with E-state index in [4.69, 9.17) is 5.02 Å². The largest absolute Gasteiger partial charge is 0.436 e. The van der Waals surface area contributed by atoms with E-state index in [1.807, 2.05) is 0 Å². The second-order valence-corrected chi connectivity index (χ2v) is 6.60. The standard InChI is InChI=1S/C9H14BN3O4.C9H11NO3/c1-10(17)12-11-7(14)3-2-6-13-8(15)4-5-9(13)16;1-7(11)3-2-6-10-8(12)4-5-9(10)13/h4-5,12,17H,2-3,6H2,1H3,(H,11,14);4-5H,2-3,6H2,1H3. The molecule has 5 amide bonds. The van der Waals surface area contributed by atoms with E-state index in [9.17, 15) is 28.8 Å². The lowest BCUT2D eigenvalue weighted by Gasteiger charge is -2.13. The highest BCUT2D eigenvalue weighted by Gasteiger charge is 2.23. The van der Waals surface area contributed by atoms with Crippen LogP contribution >= 0.6 is 0 Å². The van der Waals surface area contributed by atoms with Crippen LogP contribution in [0.4, 0.5) is 0 Å². The second-order valence-electron chi connectivity index (χ2n) is 6.60. The molecule has 0 atom stereocenters. The zero-order valence-electron chi connectivity index (χ0n) is 16.9. The number of hydrogen-bond acceptors (Lipinski definition) is 8. The molecule has 0 saturated heterocycles. The average Bonchev–Trinajstić information content (AvgIpc) is 3.16. The minimum absolute atomic E-state index is 0.0760. The van der Waals surface area contributed by atoms with Gasteiger partial charge in [0.05, 0.1) is 0 Å². The van der Waals surface area contributed by atoms with Crippen molar-refractivity contribution in [3.05, 3.63) is 24.3 Å². The maximum absolute atomic E-state index is 11.2. The number of hydrazine groups is 1. The summed E-state index contributed by atoms with van der Waals surface area (Å²) in [6, 6.07) is 0. The first-order chi connectivity index (χ1) is 14.1. The number of hydrogen-bond donors (Lipinski definition) is 3. The van der Waals surface area contributed by atoms with Crippen LogP contribution in [-0.2, 0) is 28.8 Å². The summed E-state index contributed by atoms with van der Waals surface area (Å²) in [5.41, 5.74) is 2.29. The van der Waals surface area contributed by atoms with Crippen LogP contribution < -0.4 is 10.8 Å². The molecule has 0 unspecified atom stereocenters. The molecule has 12 heteroatoms. The van der Waals surface area contributed by atoms with Gasteiger partial charge in [-0.1, -0.05) is 0 Å². The first-order valence-electron chi connectivity index (χ1n) is 9.40. The summed E-state index contributed by atoms with van der Waals surface area (Å²) < 4.78 is 0. The molecule has 0 aromatic rings. The first-order valence-corrected chi connectivity index (χ1v) is 9.40. The van der Waals surface area contributed by atoms with Crippen LogP contribution in [0.1, 0.15) is 32.6 Å². The fourth-order valence-electron chi connectivity index (χ4n) is 2.43. The summed E-state index contributed by atoms with van der Waals surface area (Å²) in [6.07, 6.45) is 6.41. The molecule has 11 nitrogen and oxygen atoms in total. The van der Waals surface area contributed by atoms with Gasteiger partial charge in [0.15, 0.2) is 0 Å². The quantitative estimate of drug-likeness (QED) is 0.224. The predicted molar refractivity (Wildman–Crippen MR) is 106 cm³/mol. The number of carbonyl (C=O) groups excluding carboxylic acids is 6. The van der Waals surface area contributed by atoms with Crippen molar-refractivity contribution in [2.75, 3.05) is 13.1 Å². The molecule has 0 saturated carbocycles. The molecule has 0 fully saturated rings. The first kappa shape index (κ1) is 24.9. The van der Waals surface area contributed by atoms with Crippen LogP contribution in [0, 0.1) is 0 Å². The van der Waals surface area contributed by atoms with Crippen LogP contribution in [0.2, 0.25) is 6.82 Å². The van der Waals surface area contributed by atoms with E-state index in [1.165, 1.54) is 38.1 Å². The van der Waals surface area contributed by atoms with Crippen molar-refractivity contribution < 1.29 is 33.8 Å². The molecule has 2 aliphatic heterocycles. The Morgan fingerprint density at radius 1 is 0.867 bits per heavy atom. The van der Waals surface area contributed by atoms with Crippen molar-refractivity contribution in [1.82, 2.24) is 20.6 Å². The van der Waals surface area contributed by atoms with Crippen LogP contribution in [0.3, 0.4) is 0 Å².